The Kier molecular flexibility index (Phi) is 4.41. The van der Waals surface area contributed by atoms with Crippen LogP contribution < -0.4 is 5.32 Å². The van der Waals surface area contributed by atoms with E-state index in [-0.39, 0.29) is 17.9 Å². The maximum absolute atomic E-state index is 12.4. The number of rotatable bonds is 4. The van der Waals surface area contributed by atoms with Crippen LogP contribution >= 0.6 is 0 Å². The number of fused-ring (bicyclic) bond motifs is 1. The van der Waals surface area contributed by atoms with E-state index in [1.165, 1.54) is 12.0 Å². The Hall–Kier alpha value is -2.24. The summed E-state index contributed by atoms with van der Waals surface area (Å²) in [6.07, 6.45) is 6.00. The van der Waals surface area contributed by atoms with E-state index in [9.17, 15) is 4.79 Å². The quantitative estimate of drug-likeness (QED) is 0.938. The van der Waals surface area contributed by atoms with Crippen LogP contribution in [0.3, 0.4) is 0 Å². The lowest BCUT2D eigenvalue weighted by Gasteiger charge is -2.16. The van der Waals surface area contributed by atoms with Gasteiger partial charge in [0.1, 0.15) is 6.04 Å². The molecule has 0 saturated carbocycles. The highest BCUT2D eigenvalue weighted by Gasteiger charge is 2.20. The molecule has 23 heavy (non-hydrogen) atoms. The number of aryl methyl sites for hydroxylation is 2. The Bertz CT molecular complexity index is 708. The molecule has 0 bridgehead atoms. The number of carbonyl (C=O) groups is 1. The Labute approximate surface area is 135 Å². The van der Waals surface area contributed by atoms with Crippen molar-refractivity contribution in [3.05, 3.63) is 40.9 Å². The Balaban J connectivity index is 1.70. The highest BCUT2D eigenvalue weighted by molar-refractivity contribution is 5.94. The molecule has 2 aromatic heterocycles. The van der Waals surface area contributed by atoms with Gasteiger partial charge in [-0.3, -0.25) is 9.78 Å². The summed E-state index contributed by atoms with van der Waals surface area (Å²) < 4.78 is 5.58. The summed E-state index contributed by atoms with van der Waals surface area (Å²) in [5, 5.41) is 10.9. The fourth-order valence-electron chi connectivity index (χ4n) is 2.71. The summed E-state index contributed by atoms with van der Waals surface area (Å²) in [6, 6.07) is 1.62. The molecule has 6 nitrogen and oxygen atoms in total. The van der Waals surface area contributed by atoms with Gasteiger partial charge < -0.3 is 9.73 Å². The van der Waals surface area contributed by atoms with E-state index in [1.54, 1.807) is 6.20 Å². The van der Waals surface area contributed by atoms with Crippen molar-refractivity contribution in [1.82, 2.24) is 20.5 Å². The highest BCUT2D eigenvalue weighted by atomic mass is 16.4. The number of carbonyl (C=O) groups excluding carboxylic acids is 1. The molecule has 2 aromatic rings. The third-order valence-corrected chi connectivity index (χ3v) is 4.10. The largest absolute Gasteiger partial charge is 0.423 e. The third-order valence-electron chi connectivity index (χ3n) is 4.10. The maximum Gasteiger partial charge on any atom is 0.253 e. The van der Waals surface area contributed by atoms with E-state index in [0.29, 0.717) is 17.3 Å². The van der Waals surface area contributed by atoms with Gasteiger partial charge in [-0.1, -0.05) is 13.8 Å². The van der Waals surface area contributed by atoms with E-state index in [4.69, 9.17) is 4.42 Å². The van der Waals surface area contributed by atoms with Gasteiger partial charge in [-0.2, -0.15) is 0 Å². The molecule has 0 aromatic carbocycles. The number of hydrogen-bond acceptors (Lipinski definition) is 5. The van der Waals surface area contributed by atoms with Crippen LogP contribution in [-0.4, -0.2) is 21.1 Å². The Morgan fingerprint density at radius 2 is 1.91 bits per heavy atom. The molecule has 1 aliphatic rings. The minimum absolute atomic E-state index is 0.164. The second-order valence-electron chi connectivity index (χ2n) is 6.37. The van der Waals surface area contributed by atoms with E-state index in [2.05, 4.69) is 20.5 Å². The van der Waals surface area contributed by atoms with Crippen LogP contribution in [0.15, 0.2) is 16.7 Å². The normalized spacial score (nSPS) is 15.3. The molecule has 0 aliphatic heterocycles. The molecule has 1 aliphatic carbocycles. The first kappa shape index (κ1) is 15.6. The fourth-order valence-corrected chi connectivity index (χ4v) is 2.71. The summed E-state index contributed by atoms with van der Waals surface area (Å²) in [4.78, 5) is 16.8. The van der Waals surface area contributed by atoms with Crippen LogP contribution in [0.5, 0.6) is 0 Å². The molecule has 0 spiro atoms. The van der Waals surface area contributed by atoms with Gasteiger partial charge in [-0.25, -0.2) is 0 Å². The van der Waals surface area contributed by atoms with Crippen molar-refractivity contribution in [2.75, 3.05) is 0 Å². The number of pyridine rings is 1. The van der Waals surface area contributed by atoms with E-state index < -0.39 is 0 Å². The average Bonchev–Trinajstić information content (AvgIpc) is 3.04. The van der Waals surface area contributed by atoms with Gasteiger partial charge in [0.25, 0.3) is 5.91 Å². The van der Waals surface area contributed by atoms with Gasteiger partial charge in [-0.15, -0.1) is 10.2 Å². The lowest BCUT2D eigenvalue weighted by molar-refractivity contribution is 0.0933. The van der Waals surface area contributed by atoms with Crippen LogP contribution in [-0.2, 0) is 12.8 Å². The predicted molar refractivity (Wildman–Crippen MR) is 85.1 cm³/mol. The smallest absolute Gasteiger partial charge is 0.253 e. The molecular formula is C17H22N4O2. The maximum atomic E-state index is 12.4. The molecule has 0 fully saturated rings. The molecule has 0 saturated heterocycles. The van der Waals surface area contributed by atoms with Crippen LogP contribution in [0, 0.1) is 0 Å². The summed E-state index contributed by atoms with van der Waals surface area (Å²) in [5.74, 6) is 1.01. The highest BCUT2D eigenvalue weighted by Crippen LogP contribution is 2.21. The van der Waals surface area contributed by atoms with E-state index in [0.717, 1.165) is 25.0 Å². The summed E-state index contributed by atoms with van der Waals surface area (Å²) in [5.41, 5.74) is 2.90. The van der Waals surface area contributed by atoms with Gasteiger partial charge in [0.2, 0.25) is 11.8 Å². The fraction of sp³-hybridized carbons (Fsp3) is 0.529. The first-order valence-electron chi connectivity index (χ1n) is 8.16. The van der Waals surface area contributed by atoms with Crippen molar-refractivity contribution in [2.24, 2.45) is 0 Å². The van der Waals surface area contributed by atoms with Crippen LogP contribution in [0.4, 0.5) is 0 Å². The molecule has 6 heteroatoms. The van der Waals surface area contributed by atoms with Crippen LogP contribution in [0.2, 0.25) is 0 Å². The van der Waals surface area contributed by atoms with Gasteiger partial charge in [0.05, 0.1) is 5.56 Å². The molecule has 3 rings (SSSR count). The topological polar surface area (TPSA) is 80.9 Å². The molecule has 1 atom stereocenters. The number of nitrogens with zero attached hydrogens (tertiary/aromatic N) is 3. The molecule has 1 unspecified atom stereocenters. The van der Waals surface area contributed by atoms with Crippen molar-refractivity contribution in [1.29, 1.82) is 0 Å². The summed E-state index contributed by atoms with van der Waals surface area (Å²) >= 11 is 0. The van der Waals surface area contributed by atoms with Crippen molar-refractivity contribution in [3.8, 4) is 0 Å². The standard InChI is InChI=1S/C17H22N4O2/c1-10(2)16-20-21-17(23-16)11(3)19-15(22)13-8-12-6-4-5-7-14(12)18-9-13/h8-11H,4-7H2,1-3H3,(H,19,22). The van der Waals surface area contributed by atoms with Gasteiger partial charge in [0.15, 0.2) is 0 Å². The molecule has 1 N–H and O–H groups in total. The number of hydrogen-bond donors (Lipinski definition) is 1. The number of amides is 1. The second kappa shape index (κ2) is 6.48. The zero-order valence-corrected chi connectivity index (χ0v) is 13.8. The molecule has 2 heterocycles. The SMILES string of the molecule is CC(C)c1nnc(C(C)NC(=O)c2cnc3c(c2)CCCC3)o1. The monoisotopic (exact) mass is 314 g/mol. The molecule has 0 radical (unpaired) electrons. The summed E-state index contributed by atoms with van der Waals surface area (Å²) in [7, 11) is 0. The van der Waals surface area contributed by atoms with E-state index >= 15 is 0 Å². The van der Waals surface area contributed by atoms with E-state index in [1.807, 2.05) is 26.8 Å². The second-order valence-corrected chi connectivity index (χ2v) is 6.37. The molecule has 122 valence electrons. The lowest BCUT2D eigenvalue weighted by atomic mass is 9.95. The van der Waals surface area contributed by atoms with Crippen LogP contribution in [0.1, 0.15) is 79.0 Å². The Morgan fingerprint density at radius 1 is 1.17 bits per heavy atom. The van der Waals surface area contributed by atoms with Crippen LogP contribution in [0.25, 0.3) is 0 Å². The lowest BCUT2D eigenvalue weighted by Crippen LogP contribution is -2.27. The minimum atomic E-state index is -0.335. The van der Waals surface area contributed by atoms with Crippen molar-refractivity contribution in [3.63, 3.8) is 0 Å². The minimum Gasteiger partial charge on any atom is -0.423 e. The number of aromatic nitrogens is 3. The zero-order chi connectivity index (χ0) is 16.4. The first-order chi connectivity index (χ1) is 11.0. The van der Waals surface area contributed by atoms with Gasteiger partial charge >= 0.3 is 0 Å². The Morgan fingerprint density at radius 3 is 2.65 bits per heavy atom. The van der Waals surface area contributed by atoms with Crippen molar-refractivity contribution >= 4 is 5.91 Å². The number of nitrogens with one attached hydrogen (secondary N) is 1. The predicted octanol–water partition coefficient (Wildman–Crippen LogP) is 2.96. The van der Waals surface area contributed by atoms with Crippen molar-refractivity contribution < 1.29 is 9.21 Å². The van der Waals surface area contributed by atoms with Gasteiger partial charge in [0, 0.05) is 17.8 Å². The molecular weight excluding hydrogens is 292 g/mol. The average molecular weight is 314 g/mol. The first-order valence-corrected chi connectivity index (χ1v) is 8.16. The molecule has 1 amide bonds. The third kappa shape index (κ3) is 3.41. The zero-order valence-electron chi connectivity index (χ0n) is 13.8. The van der Waals surface area contributed by atoms with Gasteiger partial charge in [-0.05, 0) is 44.2 Å². The van der Waals surface area contributed by atoms with Crippen molar-refractivity contribution in [2.45, 2.75) is 58.4 Å². The summed E-state index contributed by atoms with van der Waals surface area (Å²) in [6.45, 7) is 5.81.